The maximum atomic E-state index is 5.63. The van der Waals surface area contributed by atoms with Gasteiger partial charge in [-0.2, -0.15) is 4.98 Å². The van der Waals surface area contributed by atoms with Crippen molar-refractivity contribution in [2.45, 2.75) is 10.8 Å². The molecule has 5 heteroatoms. The van der Waals surface area contributed by atoms with E-state index < -0.39 is 0 Å². The Balaban J connectivity index is 2.06. The monoisotopic (exact) mass is 246 g/mol. The average Bonchev–Trinajstić information content (AvgIpc) is 2.37. The summed E-state index contributed by atoms with van der Waals surface area (Å²) in [4.78, 5) is 8.24. The first kappa shape index (κ1) is 11.7. The summed E-state index contributed by atoms with van der Waals surface area (Å²) in [7, 11) is 1.81. The van der Waals surface area contributed by atoms with Gasteiger partial charge in [-0.3, -0.25) is 0 Å². The second-order valence-electron chi connectivity index (χ2n) is 3.47. The number of nitrogens with two attached hydrogens (primary N) is 1. The van der Waals surface area contributed by atoms with Gasteiger partial charge in [-0.1, -0.05) is 30.3 Å². The first-order valence-electron chi connectivity index (χ1n) is 5.27. The van der Waals surface area contributed by atoms with Crippen LogP contribution in [0.15, 0.2) is 41.4 Å². The van der Waals surface area contributed by atoms with Crippen LogP contribution in [0.4, 0.5) is 11.8 Å². The summed E-state index contributed by atoms with van der Waals surface area (Å²) in [6.07, 6.45) is 0. The van der Waals surface area contributed by atoms with Gasteiger partial charge in [0.15, 0.2) is 0 Å². The molecular formula is C12H14N4S. The Bertz CT molecular complexity index is 487. The molecule has 0 aliphatic heterocycles. The Morgan fingerprint density at radius 2 is 2.00 bits per heavy atom. The second kappa shape index (κ2) is 5.54. The fraction of sp³-hybridized carbons (Fsp3) is 0.167. The molecule has 3 N–H and O–H groups in total. The van der Waals surface area contributed by atoms with E-state index in [1.54, 1.807) is 11.8 Å². The molecule has 0 bridgehead atoms. The number of hydrogen-bond acceptors (Lipinski definition) is 5. The summed E-state index contributed by atoms with van der Waals surface area (Å²) in [6, 6.07) is 12.2. The Morgan fingerprint density at radius 1 is 1.24 bits per heavy atom. The van der Waals surface area contributed by atoms with E-state index in [2.05, 4.69) is 27.4 Å². The molecule has 0 aliphatic rings. The molecule has 0 saturated heterocycles. The lowest BCUT2D eigenvalue weighted by molar-refractivity contribution is 1.06. The average molecular weight is 246 g/mol. The van der Waals surface area contributed by atoms with Gasteiger partial charge in [0.2, 0.25) is 5.95 Å². The minimum Gasteiger partial charge on any atom is -0.373 e. The van der Waals surface area contributed by atoms with Crippen molar-refractivity contribution in [3.63, 3.8) is 0 Å². The molecule has 0 amide bonds. The quantitative estimate of drug-likeness (QED) is 0.640. The number of nitrogen functional groups attached to an aromatic ring is 1. The zero-order valence-electron chi connectivity index (χ0n) is 9.55. The van der Waals surface area contributed by atoms with E-state index in [1.807, 2.05) is 31.3 Å². The van der Waals surface area contributed by atoms with E-state index in [1.165, 1.54) is 5.56 Å². The van der Waals surface area contributed by atoms with Crippen LogP contribution in [0.25, 0.3) is 0 Å². The molecule has 0 spiro atoms. The summed E-state index contributed by atoms with van der Waals surface area (Å²) in [5, 5.41) is 3.84. The first-order chi connectivity index (χ1) is 8.28. The van der Waals surface area contributed by atoms with Crippen LogP contribution < -0.4 is 11.1 Å². The Hall–Kier alpha value is -1.75. The molecule has 4 nitrogen and oxygen atoms in total. The highest BCUT2D eigenvalue weighted by Gasteiger charge is 2.02. The topological polar surface area (TPSA) is 63.8 Å². The summed E-state index contributed by atoms with van der Waals surface area (Å²) in [5.74, 6) is 1.92. The molecule has 88 valence electrons. The number of nitrogens with one attached hydrogen (secondary N) is 1. The maximum Gasteiger partial charge on any atom is 0.223 e. The standard InChI is InChI=1S/C12H14N4S/c1-14-10-7-11(16-12(13)15-10)17-8-9-5-3-2-4-6-9/h2-7H,8H2,1H3,(H3,13,14,15,16). The molecule has 1 aromatic heterocycles. The first-order valence-corrected chi connectivity index (χ1v) is 6.25. The van der Waals surface area contributed by atoms with Crippen molar-refractivity contribution in [3.05, 3.63) is 42.0 Å². The lowest BCUT2D eigenvalue weighted by Crippen LogP contribution is -2.00. The lowest BCUT2D eigenvalue weighted by atomic mass is 10.2. The van der Waals surface area contributed by atoms with Crippen LogP contribution in [-0.4, -0.2) is 17.0 Å². The Morgan fingerprint density at radius 3 is 2.71 bits per heavy atom. The number of benzene rings is 1. The van der Waals surface area contributed by atoms with Crippen molar-refractivity contribution >= 4 is 23.5 Å². The number of thioether (sulfide) groups is 1. The smallest absolute Gasteiger partial charge is 0.223 e. The molecule has 2 aromatic rings. The van der Waals surface area contributed by atoms with E-state index >= 15 is 0 Å². The third-order valence-corrected chi connectivity index (χ3v) is 3.19. The number of aromatic nitrogens is 2. The molecule has 0 fully saturated rings. The van der Waals surface area contributed by atoms with Crippen LogP contribution in [0.3, 0.4) is 0 Å². The van der Waals surface area contributed by atoms with Crippen molar-refractivity contribution < 1.29 is 0 Å². The van der Waals surface area contributed by atoms with Crippen LogP contribution >= 0.6 is 11.8 Å². The Labute approximate surface area is 105 Å². The van der Waals surface area contributed by atoms with Crippen molar-refractivity contribution in [1.82, 2.24) is 9.97 Å². The predicted molar refractivity (Wildman–Crippen MR) is 72.0 cm³/mol. The number of rotatable bonds is 4. The summed E-state index contributed by atoms with van der Waals surface area (Å²) < 4.78 is 0. The molecule has 0 radical (unpaired) electrons. The third kappa shape index (κ3) is 3.35. The largest absolute Gasteiger partial charge is 0.373 e. The molecule has 0 atom stereocenters. The lowest BCUT2D eigenvalue weighted by Gasteiger charge is -2.05. The molecular weight excluding hydrogens is 232 g/mol. The van der Waals surface area contributed by atoms with E-state index in [9.17, 15) is 0 Å². The fourth-order valence-corrected chi connectivity index (χ4v) is 2.24. The van der Waals surface area contributed by atoms with Gasteiger partial charge in [-0.25, -0.2) is 4.98 Å². The summed E-state index contributed by atoms with van der Waals surface area (Å²) in [5.41, 5.74) is 6.89. The fourth-order valence-electron chi connectivity index (χ4n) is 1.38. The molecule has 0 unspecified atom stereocenters. The van der Waals surface area contributed by atoms with Gasteiger partial charge in [0, 0.05) is 18.9 Å². The summed E-state index contributed by atoms with van der Waals surface area (Å²) in [6.45, 7) is 0. The number of hydrogen-bond donors (Lipinski definition) is 2. The highest BCUT2D eigenvalue weighted by molar-refractivity contribution is 7.98. The number of nitrogens with zero attached hydrogens (tertiary/aromatic N) is 2. The molecule has 17 heavy (non-hydrogen) atoms. The van der Waals surface area contributed by atoms with Crippen molar-refractivity contribution in [1.29, 1.82) is 0 Å². The van der Waals surface area contributed by atoms with Crippen molar-refractivity contribution in [2.24, 2.45) is 0 Å². The minimum absolute atomic E-state index is 0.299. The zero-order valence-corrected chi connectivity index (χ0v) is 10.4. The third-order valence-electron chi connectivity index (χ3n) is 2.21. The van der Waals surface area contributed by atoms with E-state index in [0.717, 1.165) is 16.6 Å². The predicted octanol–water partition coefficient (Wildman–Crippen LogP) is 2.39. The van der Waals surface area contributed by atoms with E-state index in [0.29, 0.717) is 5.95 Å². The van der Waals surface area contributed by atoms with Crippen LogP contribution in [0, 0.1) is 0 Å². The molecule has 1 aromatic carbocycles. The van der Waals surface area contributed by atoms with Crippen molar-refractivity contribution in [3.8, 4) is 0 Å². The highest BCUT2D eigenvalue weighted by atomic mass is 32.2. The summed E-state index contributed by atoms with van der Waals surface area (Å²) >= 11 is 1.65. The molecule has 0 aliphatic carbocycles. The second-order valence-corrected chi connectivity index (χ2v) is 4.47. The molecule has 1 heterocycles. The van der Waals surface area contributed by atoms with Crippen LogP contribution in [0.2, 0.25) is 0 Å². The maximum absolute atomic E-state index is 5.63. The van der Waals surface area contributed by atoms with Gasteiger partial charge in [0.05, 0.1) is 0 Å². The highest BCUT2D eigenvalue weighted by Crippen LogP contribution is 2.23. The van der Waals surface area contributed by atoms with E-state index in [4.69, 9.17) is 5.73 Å². The van der Waals surface area contributed by atoms with Gasteiger partial charge in [0.1, 0.15) is 10.8 Å². The zero-order chi connectivity index (χ0) is 12.1. The Kier molecular flexibility index (Phi) is 3.82. The molecule has 2 rings (SSSR count). The van der Waals surface area contributed by atoms with Crippen LogP contribution in [0.1, 0.15) is 5.56 Å². The number of anilines is 2. The van der Waals surface area contributed by atoms with Gasteiger partial charge < -0.3 is 11.1 Å². The van der Waals surface area contributed by atoms with Gasteiger partial charge in [-0.15, -0.1) is 11.8 Å². The normalized spacial score (nSPS) is 10.2. The van der Waals surface area contributed by atoms with Gasteiger partial charge in [-0.05, 0) is 5.56 Å². The van der Waals surface area contributed by atoms with Crippen LogP contribution in [0.5, 0.6) is 0 Å². The van der Waals surface area contributed by atoms with Gasteiger partial charge >= 0.3 is 0 Å². The van der Waals surface area contributed by atoms with Crippen molar-refractivity contribution in [2.75, 3.05) is 18.1 Å². The van der Waals surface area contributed by atoms with Crippen LogP contribution in [-0.2, 0) is 5.75 Å². The minimum atomic E-state index is 0.299. The van der Waals surface area contributed by atoms with Gasteiger partial charge in [0.25, 0.3) is 0 Å². The molecule has 0 saturated carbocycles. The SMILES string of the molecule is CNc1cc(SCc2ccccc2)nc(N)n1. The van der Waals surface area contributed by atoms with E-state index in [-0.39, 0.29) is 0 Å².